The van der Waals surface area contributed by atoms with E-state index < -0.39 is 5.97 Å². The van der Waals surface area contributed by atoms with Crippen LogP contribution >= 0.6 is 23.2 Å². The molecule has 104 valence electrons. The largest absolute Gasteiger partial charge is 0.478 e. The molecule has 2 rings (SSSR count). The summed E-state index contributed by atoms with van der Waals surface area (Å²) in [6.45, 7) is 3.71. The maximum Gasteiger partial charge on any atom is 0.339 e. The molecule has 3 nitrogen and oxygen atoms in total. The van der Waals surface area contributed by atoms with Gasteiger partial charge in [-0.3, -0.25) is 0 Å². The predicted molar refractivity (Wildman–Crippen MR) is 79.4 cm³/mol. The van der Waals surface area contributed by atoms with E-state index in [-0.39, 0.29) is 16.3 Å². The number of para-hydroxylation sites is 1. The Morgan fingerprint density at radius 2 is 1.75 bits per heavy atom. The first-order chi connectivity index (χ1) is 9.40. The van der Waals surface area contributed by atoms with Gasteiger partial charge in [0.05, 0.1) is 5.02 Å². The smallest absolute Gasteiger partial charge is 0.339 e. The highest BCUT2D eigenvalue weighted by Crippen LogP contribution is 2.35. The number of benzene rings is 2. The first-order valence-electron chi connectivity index (χ1n) is 5.86. The van der Waals surface area contributed by atoms with E-state index in [0.717, 1.165) is 11.1 Å². The van der Waals surface area contributed by atoms with Crippen molar-refractivity contribution in [3.8, 4) is 11.5 Å². The van der Waals surface area contributed by atoms with Crippen LogP contribution in [-0.4, -0.2) is 11.1 Å². The van der Waals surface area contributed by atoms with Gasteiger partial charge in [0.1, 0.15) is 11.3 Å². The Kier molecular flexibility index (Phi) is 4.21. The van der Waals surface area contributed by atoms with Gasteiger partial charge in [0, 0.05) is 5.02 Å². The van der Waals surface area contributed by atoms with E-state index in [2.05, 4.69) is 0 Å². The van der Waals surface area contributed by atoms with Gasteiger partial charge in [-0.15, -0.1) is 0 Å². The van der Waals surface area contributed by atoms with Crippen LogP contribution in [0.1, 0.15) is 21.5 Å². The Labute approximate surface area is 126 Å². The highest BCUT2D eigenvalue weighted by atomic mass is 35.5. The number of carboxylic acids is 1. The molecule has 0 fully saturated rings. The fourth-order valence-electron chi connectivity index (χ4n) is 1.86. The molecule has 1 N–H and O–H groups in total. The van der Waals surface area contributed by atoms with Crippen LogP contribution in [-0.2, 0) is 0 Å². The predicted octanol–water partition coefficient (Wildman–Crippen LogP) is 5.10. The van der Waals surface area contributed by atoms with Crippen molar-refractivity contribution >= 4 is 29.2 Å². The molecule has 0 radical (unpaired) electrons. The highest BCUT2D eigenvalue weighted by molar-refractivity contribution is 6.33. The summed E-state index contributed by atoms with van der Waals surface area (Å²) < 4.78 is 5.65. The molecule has 20 heavy (non-hydrogen) atoms. The quantitative estimate of drug-likeness (QED) is 0.857. The minimum atomic E-state index is -1.09. The average Bonchev–Trinajstić information content (AvgIpc) is 2.38. The molecule has 0 spiro atoms. The van der Waals surface area contributed by atoms with Crippen molar-refractivity contribution in [1.82, 2.24) is 0 Å². The number of rotatable bonds is 3. The molecule has 2 aromatic rings. The summed E-state index contributed by atoms with van der Waals surface area (Å²) in [6.07, 6.45) is 0. The Balaban J connectivity index is 2.47. The van der Waals surface area contributed by atoms with Crippen molar-refractivity contribution in [1.29, 1.82) is 0 Å². The van der Waals surface area contributed by atoms with E-state index in [4.69, 9.17) is 33.0 Å². The zero-order valence-electron chi connectivity index (χ0n) is 10.9. The van der Waals surface area contributed by atoms with Crippen molar-refractivity contribution in [2.45, 2.75) is 13.8 Å². The lowest BCUT2D eigenvalue weighted by atomic mass is 10.1. The summed E-state index contributed by atoms with van der Waals surface area (Å²) in [7, 11) is 0. The van der Waals surface area contributed by atoms with E-state index in [9.17, 15) is 4.79 Å². The van der Waals surface area contributed by atoms with Gasteiger partial charge in [-0.05, 0) is 49.2 Å². The molecule has 2 aromatic carbocycles. The minimum absolute atomic E-state index is 0.0164. The summed E-state index contributed by atoms with van der Waals surface area (Å²) in [5, 5.41) is 10.1. The summed E-state index contributed by atoms with van der Waals surface area (Å²) in [4.78, 5) is 11.2. The molecule has 0 saturated carbocycles. The second kappa shape index (κ2) is 5.73. The van der Waals surface area contributed by atoms with Crippen molar-refractivity contribution in [3.05, 3.63) is 57.1 Å². The molecule has 0 aromatic heterocycles. The highest BCUT2D eigenvalue weighted by Gasteiger charge is 2.16. The number of aromatic carboxylic acids is 1. The first-order valence-corrected chi connectivity index (χ1v) is 6.62. The summed E-state index contributed by atoms with van der Waals surface area (Å²) >= 11 is 12.1. The number of carbonyl (C=O) groups is 1. The van der Waals surface area contributed by atoms with Crippen molar-refractivity contribution in [3.63, 3.8) is 0 Å². The number of aryl methyl sites for hydroxylation is 2. The molecule has 0 heterocycles. The van der Waals surface area contributed by atoms with Crippen molar-refractivity contribution in [2.24, 2.45) is 0 Å². The number of carboxylic acid groups (broad SMARTS) is 1. The molecule has 0 aliphatic rings. The van der Waals surface area contributed by atoms with Crippen LogP contribution in [0.2, 0.25) is 10.0 Å². The fraction of sp³-hybridized carbons (Fsp3) is 0.133. The number of hydrogen-bond acceptors (Lipinski definition) is 2. The van der Waals surface area contributed by atoms with Crippen LogP contribution in [0.15, 0.2) is 30.3 Å². The Hall–Kier alpha value is -1.71. The van der Waals surface area contributed by atoms with Gasteiger partial charge in [0.25, 0.3) is 0 Å². The molecular weight excluding hydrogens is 299 g/mol. The Bertz CT molecular complexity index is 658. The number of ether oxygens (including phenoxy) is 1. The molecule has 0 aliphatic heterocycles. The second-order valence-electron chi connectivity index (χ2n) is 4.39. The Morgan fingerprint density at radius 3 is 2.30 bits per heavy atom. The third kappa shape index (κ3) is 2.89. The third-order valence-corrected chi connectivity index (χ3v) is 3.72. The standard InChI is InChI=1S/C15H12Cl2O3/c1-8-6-10(7-9(2)13(8)17)20-14-11(15(18)19)4-3-5-12(14)16/h3-7H,1-2H3,(H,18,19). The molecule has 0 unspecified atom stereocenters. The van der Waals surface area contributed by atoms with Gasteiger partial charge in [-0.25, -0.2) is 4.79 Å². The molecule has 0 bridgehead atoms. The molecule has 5 heteroatoms. The van der Waals surface area contributed by atoms with Crippen LogP contribution < -0.4 is 4.74 Å². The van der Waals surface area contributed by atoms with Gasteiger partial charge in [-0.1, -0.05) is 29.3 Å². The number of halogens is 2. The normalized spacial score (nSPS) is 10.4. The van der Waals surface area contributed by atoms with Gasteiger partial charge in [0.2, 0.25) is 0 Å². The molecule has 0 saturated heterocycles. The maximum absolute atomic E-state index is 11.2. The van der Waals surface area contributed by atoms with E-state index >= 15 is 0 Å². The van der Waals surface area contributed by atoms with E-state index in [0.29, 0.717) is 10.8 Å². The number of hydrogen-bond donors (Lipinski definition) is 1. The van der Waals surface area contributed by atoms with Crippen LogP contribution in [0.3, 0.4) is 0 Å². The van der Waals surface area contributed by atoms with E-state index in [1.165, 1.54) is 6.07 Å². The topological polar surface area (TPSA) is 46.5 Å². The fourth-order valence-corrected chi connectivity index (χ4v) is 2.19. The van der Waals surface area contributed by atoms with Crippen LogP contribution in [0.4, 0.5) is 0 Å². The lowest BCUT2D eigenvalue weighted by Crippen LogP contribution is -2.00. The van der Waals surface area contributed by atoms with Crippen molar-refractivity contribution in [2.75, 3.05) is 0 Å². The van der Waals surface area contributed by atoms with Crippen LogP contribution in [0.5, 0.6) is 11.5 Å². The molecule has 0 aliphatic carbocycles. The van der Waals surface area contributed by atoms with Crippen LogP contribution in [0.25, 0.3) is 0 Å². The zero-order chi connectivity index (χ0) is 14.9. The molecule has 0 atom stereocenters. The van der Waals surface area contributed by atoms with Gasteiger partial charge in [0.15, 0.2) is 5.75 Å². The van der Waals surface area contributed by atoms with Crippen molar-refractivity contribution < 1.29 is 14.6 Å². The SMILES string of the molecule is Cc1cc(Oc2c(Cl)cccc2C(=O)O)cc(C)c1Cl. The summed E-state index contributed by atoms with van der Waals surface area (Å²) in [5.74, 6) is -0.465. The van der Waals surface area contributed by atoms with Gasteiger partial charge in [-0.2, -0.15) is 0 Å². The summed E-state index contributed by atoms with van der Waals surface area (Å²) in [5.41, 5.74) is 1.72. The third-order valence-electron chi connectivity index (χ3n) is 2.83. The lowest BCUT2D eigenvalue weighted by molar-refractivity contribution is 0.0694. The van der Waals surface area contributed by atoms with Gasteiger partial charge < -0.3 is 9.84 Å². The molecule has 0 amide bonds. The van der Waals surface area contributed by atoms with Crippen LogP contribution in [0, 0.1) is 13.8 Å². The Morgan fingerprint density at radius 1 is 1.15 bits per heavy atom. The van der Waals surface area contributed by atoms with E-state index in [1.807, 2.05) is 13.8 Å². The summed E-state index contributed by atoms with van der Waals surface area (Å²) in [6, 6.07) is 8.07. The zero-order valence-corrected chi connectivity index (χ0v) is 12.4. The first kappa shape index (κ1) is 14.7. The van der Waals surface area contributed by atoms with Gasteiger partial charge >= 0.3 is 5.97 Å². The average molecular weight is 311 g/mol. The second-order valence-corrected chi connectivity index (χ2v) is 5.18. The minimum Gasteiger partial charge on any atom is -0.478 e. The monoisotopic (exact) mass is 310 g/mol. The van der Waals surface area contributed by atoms with E-state index in [1.54, 1.807) is 24.3 Å². The lowest BCUT2D eigenvalue weighted by Gasteiger charge is -2.12. The molecular formula is C15H12Cl2O3. The maximum atomic E-state index is 11.2.